The number of hydrogen-bond acceptors (Lipinski definition) is 3. The second-order valence-corrected chi connectivity index (χ2v) is 5.12. The van der Waals surface area contributed by atoms with Gasteiger partial charge in [0.05, 0.1) is 5.92 Å². The van der Waals surface area contributed by atoms with Crippen molar-refractivity contribution in [3.8, 4) is 0 Å². The van der Waals surface area contributed by atoms with Gasteiger partial charge in [-0.2, -0.15) is 11.8 Å². The van der Waals surface area contributed by atoms with Gasteiger partial charge in [0.2, 0.25) is 5.91 Å². The Hall–Kier alpha value is -0.220. The van der Waals surface area contributed by atoms with Crippen LogP contribution in [0.3, 0.4) is 0 Å². The molecular formula is C11H22N2OS. The highest BCUT2D eigenvalue weighted by Gasteiger charge is 2.30. The SMILES string of the molecule is CCC(CSC)NC(=O)C1CCNC1C. The van der Waals surface area contributed by atoms with Crippen molar-refractivity contribution in [1.29, 1.82) is 0 Å². The lowest BCUT2D eigenvalue weighted by molar-refractivity contribution is -0.125. The number of carbonyl (C=O) groups is 1. The van der Waals surface area contributed by atoms with Crippen LogP contribution in [0.4, 0.5) is 0 Å². The van der Waals surface area contributed by atoms with E-state index >= 15 is 0 Å². The summed E-state index contributed by atoms with van der Waals surface area (Å²) in [5.74, 6) is 1.41. The third-order valence-electron chi connectivity index (χ3n) is 3.07. The van der Waals surface area contributed by atoms with Crippen LogP contribution in [0.5, 0.6) is 0 Å². The van der Waals surface area contributed by atoms with Crippen molar-refractivity contribution in [1.82, 2.24) is 10.6 Å². The molecule has 0 spiro atoms. The number of amides is 1. The topological polar surface area (TPSA) is 41.1 Å². The Morgan fingerprint density at radius 2 is 2.40 bits per heavy atom. The normalized spacial score (nSPS) is 27.7. The smallest absolute Gasteiger partial charge is 0.224 e. The van der Waals surface area contributed by atoms with Crippen LogP contribution in [-0.4, -0.2) is 36.5 Å². The molecule has 0 aromatic heterocycles. The van der Waals surface area contributed by atoms with E-state index in [9.17, 15) is 4.79 Å². The van der Waals surface area contributed by atoms with Crippen LogP contribution < -0.4 is 10.6 Å². The molecular weight excluding hydrogens is 208 g/mol. The van der Waals surface area contributed by atoms with Crippen molar-refractivity contribution in [2.45, 2.75) is 38.8 Å². The summed E-state index contributed by atoms with van der Waals surface area (Å²) in [6.07, 6.45) is 4.07. The Morgan fingerprint density at radius 1 is 1.67 bits per heavy atom. The van der Waals surface area contributed by atoms with Crippen LogP contribution in [0.1, 0.15) is 26.7 Å². The molecule has 1 aliphatic heterocycles. The van der Waals surface area contributed by atoms with Crippen molar-refractivity contribution >= 4 is 17.7 Å². The summed E-state index contributed by atoms with van der Waals surface area (Å²) >= 11 is 1.79. The number of thioether (sulfide) groups is 1. The fourth-order valence-corrected chi connectivity index (χ4v) is 2.71. The molecule has 0 radical (unpaired) electrons. The van der Waals surface area contributed by atoms with E-state index in [1.54, 1.807) is 11.8 Å². The first-order valence-electron chi connectivity index (χ1n) is 5.71. The molecule has 0 saturated carbocycles. The molecule has 3 unspecified atom stereocenters. The predicted molar refractivity (Wildman–Crippen MR) is 66.2 cm³/mol. The first-order chi connectivity index (χ1) is 7.19. The lowest BCUT2D eigenvalue weighted by atomic mass is 10.0. The fraction of sp³-hybridized carbons (Fsp3) is 0.909. The van der Waals surface area contributed by atoms with Gasteiger partial charge in [0, 0.05) is 17.8 Å². The van der Waals surface area contributed by atoms with Gasteiger partial charge in [0.1, 0.15) is 0 Å². The molecule has 3 atom stereocenters. The van der Waals surface area contributed by atoms with Crippen LogP contribution in [0.25, 0.3) is 0 Å². The molecule has 1 rings (SSSR count). The zero-order valence-electron chi connectivity index (χ0n) is 9.88. The molecule has 15 heavy (non-hydrogen) atoms. The molecule has 4 heteroatoms. The summed E-state index contributed by atoms with van der Waals surface area (Å²) in [4.78, 5) is 11.9. The van der Waals surface area contributed by atoms with Crippen LogP contribution >= 0.6 is 11.8 Å². The van der Waals surface area contributed by atoms with Crippen LogP contribution in [-0.2, 0) is 4.79 Å². The zero-order valence-corrected chi connectivity index (χ0v) is 10.7. The maximum atomic E-state index is 11.9. The minimum atomic E-state index is 0.168. The third kappa shape index (κ3) is 3.68. The van der Waals surface area contributed by atoms with Gasteiger partial charge < -0.3 is 10.6 Å². The average Bonchev–Trinajstić information content (AvgIpc) is 2.63. The predicted octanol–water partition coefficient (Wildman–Crippen LogP) is 1.24. The third-order valence-corrected chi connectivity index (χ3v) is 3.80. The van der Waals surface area contributed by atoms with Gasteiger partial charge in [-0.3, -0.25) is 4.79 Å². The Labute approximate surface area is 96.8 Å². The van der Waals surface area contributed by atoms with E-state index in [4.69, 9.17) is 0 Å². The molecule has 0 aliphatic carbocycles. The summed E-state index contributed by atoms with van der Waals surface area (Å²) in [6, 6.07) is 0.664. The van der Waals surface area contributed by atoms with E-state index in [1.165, 1.54) is 0 Å². The first-order valence-corrected chi connectivity index (χ1v) is 7.11. The Morgan fingerprint density at radius 3 is 2.87 bits per heavy atom. The van der Waals surface area contributed by atoms with E-state index in [0.29, 0.717) is 12.1 Å². The largest absolute Gasteiger partial charge is 0.352 e. The fourth-order valence-electron chi connectivity index (χ4n) is 1.99. The van der Waals surface area contributed by atoms with Gasteiger partial charge in [-0.05, 0) is 32.6 Å². The molecule has 1 aliphatic rings. The lowest BCUT2D eigenvalue weighted by Gasteiger charge is -2.20. The summed E-state index contributed by atoms with van der Waals surface area (Å²) in [7, 11) is 0. The molecule has 1 amide bonds. The van der Waals surface area contributed by atoms with Gasteiger partial charge in [-0.15, -0.1) is 0 Å². The van der Waals surface area contributed by atoms with Crippen molar-refractivity contribution in [2.24, 2.45) is 5.92 Å². The quantitative estimate of drug-likeness (QED) is 0.747. The van der Waals surface area contributed by atoms with Gasteiger partial charge in [0.15, 0.2) is 0 Å². The van der Waals surface area contributed by atoms with E-state index < -0.39 is 0 Å². The monoisotopic (exact) mass is 230 g/mol. The van der Waals surface area contributed by atoms with E-state index in [2.05, 4.69) is 30.7 Å². The Bertz CT molecular complexity index is 211. The summed E-state index contributed by atoms with van der Waals surface area (Å²) < 4.78 is 0. The van der Waals surface area contributed by atoms with Crippen molar-refractivity contribution in [3.05, 3.63) is 0 Å². The molecule has 2 N–H and O–H groups in total. The van der Waals surface area contributed by atoms with Crippen LogP contribution in [0.2, 0.25) is 0 Å². The maximum absolute atomic E-state index is 11.9. The number of carbonyl (C=O) groups excluding carboxylic acids is 1. The molecule has 0 aromatic rings. The minimum Gasteiger partial charge on any atom is -0.352 e. The highest BCUT2D eigenvalue weighted by Crippen LogP contribution is 2.15. The van der Waals surface area contributed by atoms with Gasteiger partial charge in [-0.25, -0.2) is 0 Å². The second-order valence-electron chi connectivity index (χ2n) is 4.21. The van der Waals surface area contributed by atoms with Crippen LogP contribution in [0.15, 0.2) is 0 Å². The molecule has 0 bridgehead atoms. The maximum Gasteiger partial charge on any atom is 0.224 e. The summed E-state index contributed by atoms with van der Waals surface area (Å²) in [5.41, 5.74) is 0. The second kappa shape index (κ2) is 6.38. The molecule has 1 fully saturated rings. The average molecular weight is 230 g/mol. The van der Waals surface area contributed by atoms with Crippen LogP contribution in [0, 0.1) is 5.92 Å². The first kappa shape index (κ1) is 12.8. The number of hydrogen-bond donors (Lipinski definition) is 2. The van der Waals surface area contributed by atoms with Crippen molar-refractivity contribution < 1.29 is 4.79 Å². The molecule has 3 nitrogen and oxygen atoms in total. The standard InChI is InChI=1S/C11H22N2OS/c1-4-9(7-15-3)13-11(14)10-5-6-12-8(10)2/h8-10,12H,4-7H2,1-3H3,(H,13,14). The molecule has 1 heterocycles. The number of rotatable bonds is 5. The zero-order chi connectivity index (χ0) is 11.3. The Kier molecular flexibility index (Phi) is 5.47. The highest BCUT2D eigenvalue weighted by atomic mass is 32.2. The van der Waals surface area contributed by atoms with E-state index in [-0.39, 0.29) is 11.8 Å². The summed E-state index contributed by atoms with van der Waals surface area (Å²) in [5, 5.41) is 6.45. The molecule has 0 aromatic carbocycles. The highest BCUT2D eigenvalue weighted by molar-refractivity contribution is 7.98. The van der Waals surface area contributed by atoms with Crippen molar-refractivity contribution in [3.63, 3.8) is 0 Å². The molecule has 1 saturated heterocycles. The van der Waals surface area contributed by atoms with E-state index in [0.717, 1.165) is 25.1 Å². The van der Waals surface area contributed by atoms with Crippen molar-refractivity contribution in [2.75, 3.05) is 18.6 Å². The number of nitrogens with one attached hydrogen (secondary N) is 2. The van der Waals surface area contributed by atoms with Gasteiger partial charge in [-0.1, -0.05) is 6.92 Å². The van der Waals surface area contributed by atoms with Gasteiger partial charge >= 0.3 is 0 Å². The van der Waals surface area contributed by atoms with Gasteiger partial charge in [0.25, 0.3) is 0 Å². The van der Waals surface area contributed by atoms with E-state index in [1.807, 2.05) is 0 Å². The Balaban J connectivity index is 2.39. The minimum absolute atomic E-state index is 0.168. The lowest BCUT2D eigenvalue weighted by Crippen LogP contribution is -2.42. The summed E-state index contributed by atoms with van der Waals surface area (Å²) in [6.45, 7) is 5.18. The molecule has 88 valence electrons.